The summed E-state index contributed by atoms with van der Waals surface area (Å²) in [5.41, 5.74) is 3.14. The molecule has 118 valence electrons. The van der Waals surface area contributed by atoms with Crippen molar-refractivity contribution in [3.05, 3.63) is 69.8 Å². The first-order chi connectivity index (χ1) is 11.1. The maximum absolute atomic E-state index is 11.9. The van der Waals surface area contributed by atoms with Crippen LogP contribution in [0.5, 0.6) is 5.75 Å². The third-order valence-electron chi connectivity index (χ3n) is 2.89. The number of nitro groups is 1. The number of carbonyl (C=O) groups excluding carboxylic acids is 1. The molecule has 0 saturated carbocycles. The van der Waals surface area contributed by atoms with Gasteiger partial charge in [0.05, 0.1) is 17.7 Å². The molecule has 0 radical (unpaired) electrons. The van der Waals surface area contributed by atoms with Crippen molar-refractivity contribution in [2.75, 3.05) is 6.61 Å². The highest BCUT2D eigenvalue weighted by Gasteiger charge is 2.10. The number of benzene rings is 2. The molecule has 2 aromatic rings. The summed E-state index contributed by atoms with van der Waals surface area (Å²) in [6, 6.07) is 12.6. The number of nitrogens with one attached hydrogen (secondary N) is 1. The van der Waals surface area contributed by atoms with Crippen molar-refractivity contribution in [2.45, 2.75) is 6.92 Å². The number of amides is 1. The molecule has 23 heavy (non-hydrogen) atoms. The predicted octanol–water partition coefficient (Wildman–Crippen LogP) is 2.76. The Morgan fingerprint density at radius 2 is 2.04 bits per heavy atom. The van der Waals surface area contributed by atoms with Gasteiger partial charge in [-0.3, -0.25) is 14.9 Å². The van der Waals surface area contributed by atoms with Gasteiger partial charge >= 0.3 is 0 Å². The molecule has 7 heteroatoms. The summed E-state index contributed by atoms with van der Waals surface area (Å²) in [4.78, 5) is 22.0. The minimum Gasteiger partial charge on any atom is -0.494 e. The van der Waals surface area contributed by atoms with Crippen molar-refractivity contribution >= 4 is 17.8 Å². The molecule has 2 aromatic carbocycles. The van der Waals surface area contributed by atoms with E-state index in [0.29, 0.717) is 6.61 Å². The molecule has 0 spiro atoms. The van der Waals surface area contributed by atoms with Crippen molar-refractivity contribution in [1.29, 1.82) is 0 Å². The molecular weight excluding hydrogens is 298 g/mol. The summed E-state index contributed by atoms with van der Waals surface area (Å²) in [5.74, 6) is 0.237. The van der Waals surface area contributed by atoms with Gasteiger partial charge in [0, 0.05) is 17.7 Å². The maximum Gasteiger partial charge on any atom is 0.271 e. The third kappa shape index (κ3) is 4.63. The minimum atomic E-state index is -0.556. The van der Waals surface area contributed by atoms with Crippen LogP contribution >= 0.6 is 0 Å². The fourth-order valence-corrected chi connectivity index (χ4v) is 1.81. The molecule has 1 amide bonds. The van der Waals surface area contributed by atoms with Crippen molar-refractivity contribution in [2.24, 2.45) is 5.10 Å². The van der Waals surface area contributed by atoms with E-state index < -0.39 is 10.8 Å². The summed E-state index contributed by atoms with van der Waals surface area (Å²) in [5, 5.41) is 14.5. The molecule has 7 nitrogen and oxygen atoms in total. The lowest BCUT2D eigenvalue weighted by Crippen LogP contribution is -2.17. The quantitative estimate of drug-likeness (QED) is 0.504. The van der Waals surface area contributed by atoms with E-state index in [1.807, 2.05) is 6.92 Å². The number of carbonyl (C=O) groups is 1. The monoisotopic (exact) mass is 313 g/mol. The first kappa shape index (κ1) is 16.2. The van der Waals surface area contributed by atoms with Crippen molar-refractivity contribution < 1.29 is 14.5 Å². The zero-order valence-electron chi connectivity index (χ0n) is 12.4. The van der Waals surface area contributed by atoms with E-state index in [1.54, 1.807) is 24.3 Å². The molecule has 0 fully saturated rings. The topological polar surface area (TPSA) is 93.8 Å². The predicted molar refractivity (Wildman–Crippen MR) is 85.8 cm³/mol. The first-order valence-electron chi connectivity index (χ1n) is 6.91. The lowest BCUT2D eigenvalue weighted by Gasteiger charge is -2.02. The van der Waals surface area contributed by atoms with E-state index in [1.165, 1.54) is 30.5 Å². The number of nitro benzene ring substituents is 1. The summed E-state index contributed by atoms with van der Waals surface area (Å²) >= 11 is 0. The molecule has 0 aliphatic carbocycles. The van der Waals surface area contributed by atoms with Gasteiger partial charge in [0.15, 0.2) is 0 Å². The molecule has 0 aliphatic rings. The van der Waals surface area contributed by atoms with Crippen LogP contribution < -0.4 is 10.2 Å². The van der Waals surface area contributed by atoms with Crippen LogP contribution in [0.4, 0.5) is 5.69 Å². The Kier molecular flexibility index (Phi) is 5.40. The van der Waals surface area contributed by atoms with E-state index >= 15 is 0 Å². The van der Waals surface area contributed by atoms with Gasteiger partial charge in [-0.15, -0.1) is 0 Å². The van der Waals surface area contributed by atoms with Crippen LogP contribution in [0.25, 0.3) is 0 Å². The summed E-state index contributed by atoms with van der Waals surface area (Å²) in [6.45, 7) is 2.49. The Morgan fingerprint density at radius 3 is 2.70 bits per heavy atom. The van der Waals surface area contributed by atoms with Gasteiger partial charge in [-0.1, -0.05) is 6.07 Å². The largest absolute Gasteiger partial charge is 0.494 e. The Bertz CT molecular complexity index is 726. The Labute approximate surface area is 132 Å². The van der Waals surface area contributed by atoms with Crippen LogP contribution in [0.15, 0.2) is 53.6 Å². The van der Waals surface area contributed by atoms with Crippen LogP contribution in [0.1, 0.15) is 22.8 Å². The smallest absolute Gasteiger partial charge is 0.271 e. The molecule has 0 saturated heterocycles. The van der Waals surface area contributed by atoms with Gasteiger partial charge in [-0.25, -0.2) is 5.43 Å². The number of rotatable bonds is 6. The number of non-ortho nitro benzene ring substituents is 1. The van der Waals surface area contributed by atoms with Crippen molar-refractivity contribution in [3.63, 3.8) is 0 Å². The Morgan fingerprint density at radius 1 is 1.30 bits per heavy atom. The highest BCUT2D eigenvalue weighted by atomic mass is 16.6. The van der Waals surface area contributed by atoms with Gasteiger partial charge in [-0.2, -0.15) is 5.10 Å². The zero-order valence-corrected chi connectivity index (χ0v) is 12.4. The number of hydrogen-bond donors (Lipinski definition) is 1. The molecule has 1 N–H and O–H groups in total. The Hall–Kier alpha value is -3.22. The third-order valence-corrected chi connectivity index (χ3v) is 2.89. The summed E-state index contributed by atoms with van der Waals surface area (Å²) in [7, 11) is 0. The molecule has 0 unspecified atom stereocenters. The van der Waals surface area contributed by atoms with E-state index in [0.717, 1.165) is 11.3 Å². The van der Waals surface area contributed by atoms with Gasteiger partial charge in [0.1, 0.15) is 5.75 Å². The second kappa shape index (κ2) is 7.69. The van der Waals surface area contributed by atoms with E-state index in [-0.39, 0.29) is 11.3 Å². The summed E-state index contributed by atoms with van der Waals surface area (Å²) in [6.07, 6.45) is 1.48. The fraction of sp³-hybridized carbons (Fsp3) is 0.125. The number of hydrogen-bond acceptors (Lipinski definition) is 5. The lowest BCUT2D eigenvalue weighted by atomic mass is 10.2. The molecule has 0 aliphatic heterocycles. The zero-order chi connectivity index (χ0) is 16.7. The minimum absolute atomic E-state index is 0.145. The van der Waals surface area contributed by atoms with Crippen LogP contribution in [-0.2, 0) is 0 Å². The first-order valence-corrected chi connectivity index (χ1v) is 6.91. The number of ether oxygens (including phenoxy) is 1. The Balaban J connectivity index is 1.98. The average Bonchev–Trinajstić information content (AvgIpc) is 2.56. The molecule has 0 atom stereocenters. The number of nitrogens with zero attached hydrogens (tertiary/aromatic N) is 2. The molecule has 2 rings (SSSR count). The summed E-state index contributed by atoms with van der Waals surface area (Å²) < 4.78 is 5.32. The lowest BCUT2D eigenvalue weighted by molar-refractivity contribution is -0.384. The normalized spacial score (nSPS) is 10.5. The van der Waals surface area contributed by atoms with Gasteiger partial charge in [0.2, 0.25) is 0 Å². The standard InChI is InChI=1S/C16H15N3O4/c1-2-23-15-8-6-12(7-9-15)11-17-18-16(20)13-4-3-5-14(10-13)19(21)22/h3-11H,2H2,1H3,(H,18,20)/b17-11-. The van der Waals surface area contributed by atoms with E-state index in [4.69, 9.17) is 4.74 Å². The van der Waals surface area contributed by atoms with Crippen molar-refractivity contribution in [1.82, 2.24) is 5.43 Å². The van der Waals surface area contributed by atoms with Gasteiger partial charge in [-0.05, 0) is 42.8 Å². The van der Waals surface area contributed by atoms with Crippen LogP contribution in [0, 0.1) is 10.1 Å². The highest BCUT2D eigenvalue weighted by Crippen LogP contribution is 2.13. The van der Waals surface area contributed by atoms with E-state index in [2.05, 4.69) is 10.5 Å². The molecule has 0 aromatic heterocycles. The second-order valence-electron chi connectivity index (χ2n) is 4.51. The molecule has 0 bridgehead atoms. The van der Waals surface area contributed by atoms with Gasteiger partial charge in [0.25, 0.3) is 11.6 Å². The average molecular weight is 313 g/mol. The SMILES string of the molecule is CCOc1ccc(/C=N\NC(=O)c2cccc([N+](=O)[O-])c2)cc1. The van der Waals surface area contributed by atoms with Crippen LogP contribution in [0.3, 0.4) is 0 Å². The van der Waals surface area contributed by atoms with E-state index in [9.17, 15) is 14.9 Å². The second-order valence-corrected chi connectivity index (χ2v) is 4.51. The maximum atomic E-state index is 11.9. The molecule has 0 heterocycles. The number of hydrazone groups is 1. The fourth-order valence-electron chi connectivity index (χ4n) is 1.81. The molecular formula is C16H15N3O4. The van der Waals surface area contributed by atoms with Gasteiger partial charge < -0.3 is 4.74 Å². The highest BCUT2D eigenvalue weighted by molar-refractivity contribution is 5.95. The van der Waals surface area contributed by atoms with Crippen LogP contribution in [0.2, 0.25) is 0 Å². The van der Waals surface area contributed by atoms with Crippen LogP contribution in [-0.4, -0.2) is 23.7 Å². The van der Waals surface area contributed by atoms with Crippen molar-refractivity contribution in [3.8, 4) is 5.75 Å².